The zero-order valence-electron chi connectivity index (χ0n) is 17.5. The summed E-state index contributed by atoms with van der Waals surface area (Å²) in [7, 11) is 1.48. The van der Waals surface area contributed by atoms with Crippen molar-refractivity contribution < 1.29 is 21.2 Å². The van der Waals surface area contributed by atoms with Crippen LogP contribution in [-0.2, 0) is 16.0 Å². The van der Waals surface area contributed by atoms with E-state index in [9.17, 15) is 9.59 Å². The minimum atomic E-state index is -0.737. The van der Waals surface area contributed by atoms with Crippen LogP contribution in [0.1, 0.15) is 12.4 Å². The smallest absolute Gasteiger partial charge is 0.265 e. The molecule has 2 amide bonds. The average molecular weight is 315 g/mol. The van der Waals surface area contributed by atoms with E-state index in [1.165, 1.54) is 11.9 Å². The van der Waals surface area contributed by atoms with Crippen molar-refractivity contribution in [2.75, 3.05) is 18.6 Å². The Morgan fingerprint density at radius 2 is 2.04 bits per heavy atom. The largest absolute Gasteiger partial charge is 0.484 e. The van der Waals surface area contributed by atoms with Crippen LogP contribution in [0, 0.1) is 0 Å². The van der Waals surface area contributed by atoms with E-state index in [0.717, 1.165) is 5.56 Å². The van der Waals surface area contributed by atoms with Crippen LogP contribution in [0.2, 0.25) is 0 Å². The number of carbonyl (C=O) groups is 2. The third-order valence-electron chi connectivity index (χ3n) is 3.61. The number of hydrogen-bond donors (Lipinski definition) is 1. The molecule has 0 aromatic heterocycles. The lowest BCUT2D eigenvalue weighted by Crippen LogP contribution is -2.48. The fourth-order valence-electron chi connectivity index (χ4n) is 2.58. The van der Waals surface area contributed by atoms with E-state index in [1.54, 1.807) is 12.1 Å². The number of carbonyl (C=O) groups excluding carboxylic acids is 2. The normalized spacial score (nSPS) is 18.9. The van der Waals surface area contributed by atoms with Crippen LogP contribution < -0.4 is 15.0 Å². The Morgan fingerprint density at radius 1 is 1.30 bits per heavy atom. The van der Waals surface area contributed by atoms with Gasteiger partial charge < -0.3 is 10.1 Å². The molecule has 0 radical (unpaired) electrons. The quantitative estimate of drug-likeness (QED) is 0.935. The van der Waals surface area contributed by atoms with Crippen molar-refractivity contribution in [1.29, 1.82) is 0 Å². The highest BCUT2D eigenvalue weighted by Crippen LogP contribution is 2.32. The molecule has 1 heterocycles. The van der Waals surface area contributed by atoms with E-state index in [1.807, 2.05) is 12.1 Å². The molecule has 118 valence electrons. The molecule has 0 spiro atoms. The Hall–Kier alpha value is -2.82. The van der Waals surface area contributed by atoms with Crippen LogP contribution in [0.4, 0.5) is 5.69 Å². The SMILES string of the molecule is [2H]c1c([2H])c([2H])c(OCC(=O)N2c3ccccc3C[C@@H]2C(=O)NC)c([2H])c1[2H]. The van der Waals surface area contributed by atoms with Gasteiger partial charge in [-0.1, -0.05) is 36.3 Å². The Balaban J connectivity index is 1.88. The molecule has 3 rings (SSSR count). The molecule has 0 saturated heterocycles. The third kappa shape index (κ3) is 3.04. The molecular weight excluding hydrogens is 292 g/mol. The zero-order chi connectivity index (χ0) is 20.6. The van der Waals surface area contributed by atoms with Crippen molar-refractivity contribution in [2.45, 2.75) is 12.5 Å². The summed E-state index contributed by atoms with van der Waals surface area (Å²) in [5.41, 5.74) is 1.43. The fraction of sp³-hybridized carbons (Fsp3) is 0.222. The number of benzene rings is 2. The van der Waals surface area contributed by atoms with E-state index in [-0.39, 0.29) is 5.91 Å². The first-order valence-electron chi connectivity index (χ1n) is 9.59. The molecule has 0 aliphatic carbocycles. The summed E-state index contributed by atoms with van der Waals surface area (Å²) in [6.07, 6.45) is 0.357. The summed E-state index contributed by atoms with van der Waals surface area (Å²) in [6.45, 7) is -0.574. The van der Waals surface area contributed by atoms with Gasteiger partial charge in [0.25, 0.3) is 5.91 Å². The van der Waals surface area contributed by atoms with Crippen molar-refractivity contribution in [3.05, 3.63) is 60.0 Å². The number of ether oxygens (including phenoxy) is 1. The number of nitrogens with zero attached hydrogens (tertiary/aromatic N) is 1. The first kappa shape index (κ1) is 10.0. The van der Waals surface area contributed by atoms with Gasteiger partial charge >= 0.3 is 0 Å². The lowest BCUT2D eigenvalue weighted by atomic mass is 10.1. The van der Waals surface area contributed by atoms with Crippen LogP contribution >= 0.6 is 0 Å². The van der Waals surface area contributed by atoms with Crippen molar-refractivity contribution in [2.24, 2.45) is 0 Å². The highest BCUT2D eigenvalue weighted by Gasteiger charge is 2.37. The lowest BCUT2D eigenvalue weighted by Gasteiger charge is -2.24. The van der Waals surface area contributed by atoms with Gasteiger partial charge in [-0.3, -0.25) is 14.5 Å². The van der Waals surface area contributed by atoms with Crippen molar-refractivity contribution >= 4 is 17.5 Å². The summed E-state index contributed by atoms with van der Waals surface area (Å²) < 4.78 is 43.9. The first-order valence-corrected chi connectivity index (χ1v) is 7.09. The van der Waals surface area contributed by atoms with Gasteiger partial charge in [-0.15, -0.1) is 0 Å². The van der Waals surface area contributed by atoms with Gasteiger partial charge in [0.15, 0.2) is 6.61 Å². The number of likely N-dealkylation sites (N-methyl/N-ethyl adjacent to an activating group) is 1. The minimum Gasteiger partial charge on any atom is -0.484 e. The van der Waals surface area contributed by atoms with Crippen LogP contribution in [-0.4, -0.2) is 31.5 Å². The van der Waals surface area contributed by atoms with Gasteiger partial charge in [0.05, 0.1) is 6.85 Å². The second-order valence-electron chi connectivity index (χ2n) is 4.97. The van der Waals surface area contributed by atoms with E-state index < -0.39 is 54.5 Å². The molecule has 0 bridgehead atoms. The maximum absolute atomic E-state index is 12.8. The number of para-hydroxylation sites is 2. The van der Waals surface area contributed by atoms with Gasteiger partial charge in [-0.2, -0.15) is 0 Å². The summed E-state index contributed by atoms with van der Waals surface area (Å²) >= 11 is 0. The Kier molecular flexibility index (Phi) is 2.85. The molecule has 23 heavy (non-hydrogen) atoms. The van der Waals surface area contributed by atoms with Crippen LogP contribution in [0.3, 0.4) is 0 Å². The minimum absolute atomic E-state index is 0.327. The highest BCUT2D eigenvalue weighted by molar-refractivity contribution is 6.04. The zero-order valence-corrected chi connectivity index (χ0v) is 12.5. The van der Waals surface area contributed by atoms with Crippen molar-refractivity contribution in [3.8, 4) is 5.75 Å². The molecule has 5 nitrogen and oxygen atoms in total. The highest BCUT2D eigenvalue weighted by atomic mass is 16.5. The molecule has 1 aliphatic heterocycles. The second-order valence-corrected chi connectivity index (χ2v) is 4.97. The monoisotopic (exact) mass is 315 g/mol. The predicted octanol–water partition coefficient (Wildman–Crippen LogP) is 1.77. The number of nitrogens with one attached hydrogen (secondary N) is 1. The maximum Gasteiger partial charge on any atom is 0.265 e. The summed E-state index contributed by atoms with van der Waals surface area (Å²) in [6, 6.07) is 3.71. The standard InChI is InChI=1S/C18H18N2O3/c1-19-18(22)16-11-13-7-5-6-10-15(13)20(16)17(21)12-23-14-8-3-2-4-9-14/h2-10,16H,11-12H2,1H3,(H,19,22)/t16-/m1/s1/i2D,3D,4D,8D,9D. The van der Waals surface area contributed by atoms with E-state index >= 15 is 0 Å². The summed E-state index contributed by atoms with van der Waals surface area (Å²) in [5, 5.41) is 2.54. The molecule has 1 aliphatic rings. The van der Waals surface area contributed by atoms with Crippen LogP contribution in [0.25, 0.3) is 0 Å². The number of amides is 2. The fourth-order valence-corrected chi connectivity index (χ4v) is 2.58. The van der Waals surface area contributed by atoms with Crippen LogP contribution in [0.15, 0.2) is 54.5 Å². The molecule has 1 N–H and O–H groups in total. The lowest BCUT2D eigenvalue weighted by molar-refractivity contribution is -0.126. The number of fused-ring (bicyclic) bond motifs is 1. The second kappa shape index (κ2) is 6.52. The van der Waals surface area contributed by atoms with Crippen LogP contribution in [0.5, 0.6) is 5.75 Å². The Labute approximate surface area is 141 Å². The molecule has 1 atom stereocenters. The number of hydrogen-bond acceptors (Lipinski definition) is 3. The van der Waals surface area contributed by atoms with E-state index in [4.69, 9.17) is 11.6 Å². The average Bonchev–Trinajstić information content (AvgIpc) is 3.09. The van der Waals surface area contributed by atoms with Gasteiger partial charge in [-0.05, 0) is 23.7 Å². The number of anilines is 1. The molecule has 5 heteroatoms. The predicted molar refractivity (Wildman–Crippen MR) is 87.4 cm³/mol. The van der Waals surface area contributed by atoms with Crippen molar-refractivity contribution in [1.82, 2.24) is 5.32 Å². The van der Waals surface area contributed by atoms with Gasteiger partial charge in [0.1, 0.15) is 11.8 Å². The molecule has 0 unspecified atom stereocenters. The maximum atomic E-state index is 12.8. The Morgan fingerprint density at radius 3 is 2.78 bits per heavy atom. The van der Waals surface area contributed by atoms with Crippen molar-refractivity contribution in [3.63, 3.8) is 0 Å². The number of rotatable bonds is 4. The third-order valence-corrected chi connectivity index (χ3v) is 3.61. The topological polar surface area (TPSA) is 58.6 Å². The van der Waals surface area contributed by atoms with Gasteiger partial charge in [0, 0.05) is 19.2 Å². The first-order chi connectivity index (χ1) is 13.3. The molecular formula is C18H18N2O3. The summed E-state index contributed by atoms with van der Waals surface area (Å²) in [5.74, 6) is -1.28. The Bertz CT molecular complexity index is 937. The van der Waals surface area contributed by atoms with Gasteiger partial charge in [-0.25, -0.2) is 0 Å². The van der Waals surface area contributed by atoms with E-state index in [0.29, 0.717) is 12.1 Å². The molecule has 2 aromatic carbocycles. The van der Waals surface area contributed by atoms with E-state index in [2.05, 4.69) is 5.32 Å². The molecule has 2 aromatic rings. The molecule has 0 saturated carbocycles. The van der Waals surface area contributed by atoms with Gasteiger partial charge in [0.2, 0.25) is 5.91 Å². The molecule has 0 fully saturated rings. The summed E-state index contributed by atoms with van der Waals surface area (Å²) in [4.78, 5) is 26.4.